The van der Waals surface area contributed by atoms with Crippen molar-refractivity contribution in [2.45, 2.75) is 13.8 Å². The lowest BCUT2D eigenvalue weighted by Gasteiger charge is -2.11. The van der Waals surface area contributed by atoms with Crippen molar-refractivity contribution in [2.24, 2.45) is 11.1 Å². The van der Waals surface area contributed by atoms with Gasteiger partial charge in [0.05, 0.1) is 5.71 Å². The number of hydrogen-bond acceptors (Lipinski definition) is 5. The third-order valence-electron chi connectivity index (χ3n) is 3.91. The molecule has 0 saturated carbocycles. The maximum Gasteiger partial charge on any atom is 0.262 e. The Hall–Kier alpha value is -3.68. The van der Waals surface area contributed by atoms with Crippen LogP contribution in [0.15, 0.2) is 66.1 Å². The van der Waals surface area contributed by atoms with Crippen molar-refractivity contribution in [2.75, 3.05) is 5.32 Å². The summed E-state index contributed by atoms with van der Waals surface area (Å²) in [6.45, 7) is 3.88. The number of nitrogens with one attached hydrogen (secondary N) is 1. The summed E-state index contributed by atoms with van der Waals surface area (Å²) in [5, 5.41) is 6.53. The highest BCUT2D eigenvalue weighted by atomic mass is 19.1. The van der Waals surface area contributed by atoms with Gasteiger partial charge in [-0.1, -0.05) is 31.1 Å². The second-order valence-corrected chi connectivity index (χ2v) is 6.37. The third-order valence-corrected chi connectivity index (χ3v) is 3.91. The number of anilines is 1. The van der Waals surface area contributed by atoms with E-state index < -0.39 is 23.1 Å². The van der Waals surface area contributed by atoms with Crippen LogP contribution in [0.2, 0.25) is 0 Å². The molecule has 1 amide bonds. The number of carbonyl (C=O) groups excluding carboxylic acids is 1. The van der Waals surface area contributed by atoms with E-state index in [4.69, 9.17) is 4.84 Å². The first-order valence-corrected chi connectivity index (χ1v) is 8.83. The number of aromatic nitrogens is 2. The summed E-state index contributed by atoms with van der Waals surface area (Å²) in [7, 11) is 0. The zero-order chi connectivity index (χ0) is 20.8. The average molecular weight is 396 g/mol. The standard InChI is InChI=1S/C21H18F2N4O2/c1-13(2)20(27-29-18-8-3-4-11-24-18)14-9-10-17(25-12-14)26-21(28)19-15(22)6-5-7-16(19)23/h3-13H,1-2H3,(H,25,26,28)/b27-20-. The van der Waals surface area contributed by atoms with Gasteiger partial charge in [0.1, 0.15) is 23.0 Å². The van der Waals surface area contributed by atoms with Crippen molar-refractivity contribution in [3.05, 3.63) is 83.7 Å². The van der Waals surface area contributed by atoms with Crippen molar-refractivity contribution in [1.82, 2.24) is 9.97 Å². The molecule has 0 fully saturated rings. The molecule has 2 aromatic heterocycles. The molecule has 3 rings (SSSR count). The summed E-state index contributed by atoms with van der Waals surface area (Å²) in [5.74, 6) is -2.28. The monoisotopic (exact) mass is 396 g/mol. The molecule has 1 aromatic carbocycles. The van der Waals surface area contributed by atoms with Gasteiger partial charge >= 0.3 is 0 Å². The lowest BCUT2D eigenvalue weighted by molar-refractivity contribution is 0.101. The van der Waals surface area contributed by atoms with Gasteiger partial charge in [-0.3, -0.25) is 4.79 Å². The van der Waals surface area contributed by atoms with Crippen LogP contribution >= 0.6 is 0 Å². The van der Waals surface area contributed by atoms with E-state index in [0.717, 1.165) is 12.1 Å². The van der Waals surface area contributed by atoms with E-state index in [1.165, 1.54) is 18.3 Å². The van der Waals surface area contributed by atoms with Crippen LogP contribution in [-0.2, 0) is 0 Å². The molecule has 0 spiro atoms. The molecule has 0 aliphatic carbocycles. The molecule has 0 radical (unpaired) electrons. The van der Waals surface area contributed by atoms with Crippen LogP contribution < -0.4 is 10.2 Å². The normalized spacial score (nSPS) is 11.4. The van der Waals surface area contributed by atoms with Gasteiger partial charge in [-0.15, -0.1) is 0 Å². The second kappa shape index (κ2) is 9.01. The summed E-state index contributed by atoms with van der Waals surface area (Å²) in [6.07, 6.45) is 3.09. The molecule has 0 aliphatic heterocycles. The SMILES string of the molecule is CC(C)/C(=N/Oc1ccccn1)c1ccc(NC(=O)c2c(F)cccc2F)nc1. The highest BCUT2D eigenvalue weighted by molar-refractivity contribution is 6.05. The molecule has 0 aliphatic rings. The van der Waals surface area contributed by atoms with Gasteiger partial charge in [0.2, 0.25) is 5.88 Å². The molecule has 2 heterocycles. The number of amides is 1. The van der Waals surface area contributed by atoms with E-state index in [1.807, 2.05) is 13.8 Å². The Morgan fingerprint density at radius 3 is 2.38 bits per heavy atom. The van der Waals surface area contributed by atoms with Crippen LogP contribution in [0.25, 0.3) is 0 Å². The zero-order valence-electron chi connectivity index (χ0n) is 15.8. The molecule has 0 saturated heterocycles. The summed E-state index contributed by atoms with van der Waals surface area (Å²) < 4.78 is 27.5. The predicted octanol–water partition coefficient (Wildman–Crippen LogP) is 4.45. The van der Waals surface area contributed by atoms with Crippen LogP contribution in [0.5, 0.6) is 5.88 Å². The van der Waals surface area contributed by atoms with Crippen LogP contribution in [0.4, 0.5) is 14.6 Å². The Balaban J connectivity index is 1.76. The molecule has 0 bridgehead atoms. The van der Waals surface area contributed by atoms with Gasteiger partial charge < -0.3 is 10.2 Å². The first-order valence-electron chi connectivity index (χ1n) is 8.83. The molecule has 3 aromatic rings. The topological polar surface area (TPSA) is 76.5 Å². The van der Waals surface area contributed by atoms with Crippen molar-refractivity contribution < 1.29 is 18.4 Å². The second-order valence-electron chi connectivity index (χ2n) is 6.37. The summed E-state index contributed by atoms with van der Waals surface area (Å²) in [5.41, 5.74) is 0.638. The van der Waals surface area contributed by atoms with Crippen LogP contribution in [0.1, 0.15) is 29.8 Å². The Kier molecular flexibility index (Phi) is 6.23. The van der Waals surface area contributed by atoms with Crippen LogP contribution in [-0.4, -0.2) is 21.6 Å². The van der Waals surface area contributed by atoms with Gasteiger partial charge in [-0.25, -0.2) is 18.7 Å². The van der Waals surface area contributed by atoms with E-state index in [1.54, 1.807) is 30.5 Å². The van der Waals surface area contributed by atoms with E-state index in [-0.39, 0.29) is 11.7 Å². The Labute approximate surface area is 166 Å². The molecule has 6 nitrogen and oxygen atoms in total. The minimum absolute atomic E-state index is 0.0217. The maximum atomic E-state index is 13.7. The predicted molar refractivity (Wildman–Crippen MR) is 105 cm³/mol. The van der Waals surface area contributed by atoms with E-state index in [2.05, 4.69) is 20.4 Å². The number of rotatable bonds is 6. The molecule has 29 heavy (non-hydrogen) atoms. The fourth-order valence-corrected chi connectivity index (χ4v) is 2.50. The Bertz CT molecular complexity index is 1000. The smallest absolute Gasteiger partial charge is 0.262 e. The first kappa shape index (κ1) is 20.1. The molecular formula is C21H18F2N4O2. The first-order chi connectivity index (χ1) is 14.0. The molecule has 148 valence electrons. The Morgan fingerprint density at radius 1 is 1.03 bits per heavy atom. The highest BCUT2D eigenvalue weighted by Gasteiger charge is 2.18. The van der Waals surface area contributed by atoms with E-state index in [9.17, 15) is 13.6 Å². The quantitative estimate of drug-likeness (QED) is 0.493. The summed E-state index contributed by atoms with van der Waals surface area (Å²) in [4.78, 5) is 25.7. The van der Waals surface area contributed by atoms with Gasteiger partial charge in [0, 0.05) is 24.0 Å². The summed E-state index contributed by atoms with van der Waals surface area (Å²) in [6, 6.07) is 11.7. The Morgan fingerprint density at radius 2 is 1.79 bits per heavy atom. The van der Waals surface area contributed by atoms with E-state index in [0.29, 0.717) is 17.2 Å². The summed E-state index contributed by atoms with van der Waals surface area (Å²) >= 11 is 0. The van der Waals surface area contributed by atoms with Crippen molar-refractivity contribution in [3.8, 4) is 5.88 Å². The largest absolute Gasteiger partial charge is 0.336 e. The van der Waals surface area contributed by atoms with Crippen molar-refractivity contribution in [3.63, 3.8) is 0 Å². The molecule has 0 unspecified atom stereocenters. The molecular weight excluding hydrogens is 378 g/mol. The molecule has 8 heteroatoms. The molecule has 1 N–H and O–H groups in total. The lowest BCUT2D eigenvalue weighted by Crippen LogP contribution is -2.17. The number of benzene rings is 1. The number of oxime groups is 1. The number of carbonyl (C=O) groups is 1. The number of halogens is 2. The van der Waals surface area contributed by atoms with Gasteiger partial charge in [-0.05, 0) is 36.2 Å². The minimum atomic E-state index is -0.944. The minimum Gasteiger partial charge on any atom is -0.336 e. The number of pyridine rings is 2. The highest BCUT2D eigenvalue weighted by Crippen LogP contribution is 2.16. The fourth-order valence-electron chi connectivity index (χ4n) is 2.50. The fraction of sp³-hybridized carbons (Fsp3) is 0.143. The maximum absolute atomic E-state index is 13.7. The number of nitrogens with zero attached hydrogens (tertiary/aromatic N) is 3. The molecule has 0 atom stereocenters. The number of hydrogen-bond donors (Lipinski definition) is 1. The lowest BCUT2D eigenvalue weighted by atomic mass is 10.0. The average Bonchev–Trinajstić information content (AvgIpc) is 2.70. The van der Waals surface area contributed by atoms with Crippen molar-refractivity contribution >= 4 is 17.4 Å². The van der Waals surface area contributed by atoms with Crippen molar-refractivity contribution in [1.29, 1.82) is 0 Å². The van der Waals surface area contributed by atoms with Gasteiger partial charge in [0.25, 0.3) is 5.91 Å². The van der Waals surface area contributed by atoms with Gasteiger partial charge in [0.15, 0.2) is 0 Å². The van der Waals surface area contributed by atoms with E-state index >= 15 is 0 Å². The van der Waals surface area contributed by atoms with Crippen LogP contribution in [0, 0.1) is 17.6 Å². The van der Waals surface area contributed by atoms with Gasteiger partial charge in [-0.2, -0.15) is 0 Å². The zero-order valence-corrected chi connectivity index (χ0v) is 15.8. The van der Waals surface area contributed by atoms with Crippen LogP contribution in [0.3, 0.4) is 0 Å². The third kappa shape index (κ3) is 4.98.